The minimum Gasteiger partial charge on any atom is -0.494 e. The van der Waals surface area contributed by atoms with E-state index in [1.54, 1.807) is 30.3 Å². The molecule has 0 unspecified atom stereocenters. The van der Waals surface area contributed by atoms with Crippen molar-refractivity contribution in [1.82, 2.24) is 0 Å². The number of nitriles is 1. The Morgan fingerprint density at radius 1 is 0.879 bits per heavy atom. The van der Waals surface area contributed by atoms with Crippen molar-refractivity contribution in [3.63, 3.8) is 0 Å². The second-order valence-electron chi connectivity index (χ2n) is 8.52. The molecule has 178 valence electrons. The van der Waals surface area contributed by atoms with Crippen LogP contribution in [0.25, 0.3) is 0 Å². The normalized spacial score (nSPS) is 10.6. The fourth-order valence-electron chi connectivity index (χ4n) is 3.72. The molecule has 0 radical (unpaired) electrons. The summed E-state index contributed by atoms with van der Waals surface area (Å²) < 4.78 is 6.50. The molecule has 0 saturated heterocycles. The third kappa shape index (κ3) is 10.9. The van der Waals surface area contributed by atoms with Gasteiger partial charge >= 0.3 is 0 Å². The standard InChI is InChI=1S/C28H37BrN2O2/c1-2-3-4-5-6-7-8-9-10-11-12-13-20-33-25-17-15-24(16-18-25)28(32)31-27-19-14-23(22-30)21-26(27)29/h14-19,21H,2-13,20H2,1H3,(H,31,32). The minimum absolute atomic E-state index is 0.201. The Labute approximate surface area is 207 Å². The molecule has 4 nitrogen and oxygen atoms in total. The van der Waals surface area contributed by atoms with Crippen LogP contribution < -0.4 is 10.1 Å². The van der Waals surface area contributed by atoms with E-state index in [0.717, 1.165) is 12.2 Å². The first kappa shape index (κ1) is 26.9. The zero-order valence-electron chi connectivity index (χ0n) is 19.9. The summed E-state index contributed by atoms with van der Waals surface area (Å²) in [6.45, 7) is 2.98. The molecule has 0 spiro atoms. The molecular formula is C28H37BrN2O2. The fourth-order valence-corrected chi connectivity index (χ4v) is 4.19. The molecule has 0 aromatic heterocycles. The van der Waals surface area contributed by atoms with Gasteiger partial charge in [0.05, 0.1) is 23.9 Å². The van der Waals surface area contributed by atoms with Gasteiger partial charge in [0.15, 0.2) is 0 Å². The third-order valence-corrected chi connectivity index (χ3v) is 6.39. The van der Waals surface area contributed by atoms with Gasteiger partial charge in [-0.25, -0.2) is 0 Å². The average molecular weight is 514 g/mol. The number of nitrogens with one attached hydrogen (secondary N) is 1. The van der Waals surface area contributed by atoms with Gasteiger partial charge in [-0.3, -0.25) is 4.79 Å². The van der Waals surface area contributed by atoms with Crippen molar-refractivity contribution in [2.24, 2.45) is 0 Å². The number of benzene rings is 2. The monoisotopic (exact) mass is 512 g/mol. The summed E-state index contributed by atoms with van der Waals surface area (Å²) in [5.41, 5.74) is 1.73. The number of rotatable bonds is 16. The van der Waals surface area contributed by atoms with Crippen molar-refractivity contribution in [3.05, 3.63) is 58.1 Å². The van der Waals surface area contributed by atoms with Crippen molar-refractivity contribution in [2.75, 3.05) is 11.9 Å². The van der Waals surface area contributed by atoms with E-state index in [-0.39, 0.29) is 5.91 Å². The summed E-state index contributed by atoms with van der Waals surface area (Å²) in [4.78, 5) is 12.5. The van der Waals surface area contributed by atoms with Gasteiger partial charge in [0, 0.05) is 10.0 Å². The van der Waals surface area contributed by atoms with Crippen LogP contribution in [0.1, 0.15) is 99.9 Å². The Morgan fingerprint density at radius 3 is 2.00 bits per heavy atom. The second kappa shape index (κ2) is 16.3. The van der Waals surface area contributed by atoms with Crippen LogP contribution >= 0.6 is 15.9 Å². The van der Waals surface area contributed by atoms with E-state index in [1.807, 2.05) is 12.1 Å². The van der Waals surface area contributed by atoms with E-state index in [4.69, 9.17) is 10.00 Å². The van der Waals surface area contributed by atoms with Gasteiger partial charge in [-0.1, -0.05) is 77.6 Å². The first-order chi connectivity index (χ1) is 16.1. The van der Waals surface area contributed by atoms with Crippen molar-refractivity contribution in [3.8, 4) is 11.8 Å². The van der Waals surface area contributed by atoms with Crippen molar-refractivity contribution < 1.29 is 9.53 Å². The molecule has 0 saturated carbocycles. The predicted molar refractivity (Wildman–Crippen MR) is 140 cm³/mol. The summed E-state index contributed by atoms with van der Waals surface area (Å²) >= 11 is 3.39. The van der Waals surface area contributed by atoms with Crippen LogP contribution in [-0.4, -0.2) is 12.5 Å². The van der Waals surface area contributed by atoms with Gasteiger partial charge in [0.1, 0.15) is 5.75 Å². The Bertz CT molecular complexity index is 874. The Balaban J connectivity index is 1.56. The van der Waals surface area contributed by atoms with Crippen LogP contribution in [0.15, 0.2) is 46.9 Å². The molecule has 0 atom stereocenters. The number of carbonyl (C=O) groups excluding carboxylic acids is 1. The van der Waals surface area contributed by atoms with Crippen LogP contribution in [0.2, 0.25) is 0 Å². The van der Waals surface area contributed by atoms with Crippen LogP contribution in [0, 0.1) is 11.3 Å². The highest BCUT2D eigenvalue weighted by Gasteiger charge is 2.09. The number of hydrogen-bond donors (Lipinski definition) is 1. The summed E-state index contributed by atoms with van der Waals surface area (Å²) in [5.74, 6) is 0.585. The molecule has 0 fully saturated rings. The lowest BCUT2D eigenvalue weighted by Gasteiger charge is -2.09. The van der Waals surface area contributed by atoms with Crippen molar-refractivity contribution in [1.29, 1.82) is 5.26 Å². The van der Waals surface area contributed by atoms with E-state index >= 15 is 0 Å². The number of anilines is 1. The maximum absolute atomic E-state index is 12.5. The largest absolute Gasteiger partial charge is 0.494 e. The number of nitrogens with zero attached hydrogens (tertiary/aromatic N) is 1. The number of halogens is 1. The molecule has 0 aliphatic heterocycles. The predicted octanol–water partition coefficient (Wildman–Crippen LogP) is 8.65. The molecule has 2 aromatic rings. The Hall–Kier alpha value is -2.32. The molecule has 1 amide bonds. The van der Waals surface area contributed by atoms with Crippen molar-refractivity contribution >= 4 is 27.5 Å². The van der Waals surface area contributed by atoms with Crippen LogP contribution in [0.3, 0.4) is 0 Å². The summed E-state index contributed by atoms with van der Waals surface area (Å²) in [7, 11) is 0. The molecule has 2 aromatic carbocycles. The maximum atomic E-state index is 12.5. The van der Waals surface area contributed by atoms with Gasteiger partial charge in [-0.15, -0.1) is 0 Å². The van der Waals surface area contributed by atoms with E-state index in [1.165, 1.54) is 70.6 Å². The van der Waals surface area contributed by atoms with Gasteiger partial charge in [-0.2, -0.15) is 5.26 Å². The number of amides is 1. The molecule has 0 aliphatic carbocycles. The van der Waals surface area contributed by atoms with Crippen molar-refractivity contribution in [2.45, 2.75) is 84.0 Å². The van der Waals surface area contributed by atoms with E-state index < -0.39 is 0 Å². The van der Waals surface area contributed by atoms with Crippen LogP contribution in [0.5, 0.6) is 5.75 Å². The summed E-state index contributed by atoms with van der Waals surface area (Å²) in [6.07, 6.45) is 15.9. The second-order valence-corrected chi connectivity index (χ2v) is 9.38. The first-order valence-corrected chi connectivity index (χ1v) is 13.2. The lowest BCUT2D eigenvalue weighted by Crippen LogP contribution is -2.12. The van der Waals surface area contributed by atoms with Gasteiger partial charge in [0.25, 0.3) is 5.91 Å². The molecule has 33 heavy (non-hydrogen) atoms. The minimum atomic E-state index is -0.201. The molecule has 0 bridgehead atoms. The first-order valence-electron chi connectivity index (χ1n) is 12.4. The molecular weight excluding hydrogens is 476 g/mol. The van der Waals surface area contributed by atoms with Gasteiger partial charge in [0.2, 0.25) is 0 Å². The quantitative estimate of drug-likeness (QED) is 0.229. The zero-order valence-corrected chi connectivity index (χ0v) is 21.5. The Morgan fingerprint density at radius 2 is 1.45 bits per heavy atom. The van der Waals surface area contributed by atoms with Crippen LogP contribution in [0.4, 0.5) is 5.69 Å². The third-order valence-electron chi connectivity index (χ3n) is 5.73. The molecule has 2 rings (SSSR count). The van der Waals surface area contributed by atoms with Gasteiger partial charge in [-0.05, 0) is 64.8 Å². The fraction of sp³-hybridized carbons (Fsp3) is 0.500. The lowest BCUT2D eigenvalue weighted by molar-refractivity contribution is 0.102. The maximum Gasteiger partial charge on any atom is 0.255 e. The molecule has 1 N–H and O–H groups in total. The molecule has 0 aliphatic rings. The number of ether oxygens (including phenoxy) is 1. The topological polar surface area (TPSA) is 62.1 Å². The number of hydrogen-bond acceptors (Lipinski definition) is 3. The number of carbonyl (C=O) groups is 1. The summed E-state index contributed by atoms with van der Waals surface area (Å²) in [6, 6.07) is 14.4. The molecule has 0 heterocycles. The highest BCUT2D eigenvalue weighted by Crippen LogP contribution is 2.24. The smallest absolute Gasteiger partial charge is 0.255 e. The summed E-state index contributed by atoms with van der Waals surface area (Å²) in [5, 5.41) is 11.8. The SMILES string of the molecule is CCCCCCCCCCCCCCOc1ccc(C(=O)Nc2ccc(C#N)cc2Br)cc1. The zero-order chi connectivity index (χ0) is 23.7. The lowest BCUT2D eigenvalue weighted by atomic mass is 10.1. The van der Waals surface area contributed by atoms with E-state index in [9.17, 15) is 4.79 Å². The van der Waals surface area contributed by atoms with E-state index in [0.29, 0.717) is 27.9 Å². The highest BCUT2D eigenvalue weighted by molar-refractivity contribution is 9.10. The van der Waals surface area contributed by atoms with Crippen LogP contribution in [-0.2, 0) is 0 Å². The average Bonchev–Trinajstić information content (AvgIpc) is 2.83. The Kier molecular flexibility index (Phi) is 13.3. The highest BCUT2D eigenvalue weighted by atomic mass is 79.9. The number of unbranched alkanes of at least 4 members (excludes halogenated alkanes) is 11. The van der Waals surface area contributed by atoms with Gasteiger partial charge < -0.3 is 10.1 Å². The molecule has 5 heteroatoms. The van der Waals surface area contributed by atoms with E-state index in [2.05, 4.69) is 34.2 Å².